The number of aromatic nitrogens is 7. The highest BCUT2D eigenvalue weighted by atomic mass is 35.5. The smallest absolute Gasteiger partial charge is 0.340 e. The van der Waals surface area contributed by atoms with Crippen LogP contribution in [-0.2, 0) is 11.0 Å². The van der Waals surface area contributed by atoms with Crippen molar-refractivity contribution in [2.75, 3.05) is 0 Å². The van der Waals surface area contributed by atoms with E-state index in [0.717, 1.165) is 11.8 Å². The first-order chi connectivity index (χ1) is 19.7. The lowest BCUT2D eigenvalue weighted by atomic mass is 10.0. The Labute approximate surface area is 236 Å². The van der Waals surface area contributed by atoms with Gasteiger partial charge in [0.05, 0.1) is 28.1 Å². The second-order valence-corrected chi connectivity index (χ2v) is 11.3. The molecule has 0 aliphatic heterocycles. The topological polar surface area (TPSA) is 152 Å². The minimum atomic E-state index is -4.51. The normalized spacial score (nSPS) is 12.6. The maximum absolute atomic E-state index is 15.9. The summed E-state index contributed by atoms with van der Waals surface area (Å²) in [5.74, 6) is -0.378. The van der Waals surface area contributed by atoms with Gasteiger partial charge in [-0.15, -0.1) is 5.10 Å². The van der Waals surface area contributed by atoms with Crippen molar-refractivity contribution in [1.82, 2.24) is 34.7 Å². The molecule has 0 spiro atoms. The van der Waals surface area contributed by atoms with Gasteiger partial charge < -0.3 is 19.3 Å². The third-order valence-corrected chi connectivity index (χ3v) is 7.81. The van der Waals surface area contributed by atoms with Crippen LogP contribution in [0, 0.1) is 5.82 Å². The van der Waals surface area contributed by atoms with E-state index in [-0.39, 0.29) is 17.3 Å². The molecule has 6 aromatic rings. The molecule has 0 saturated heterocycles. The van der Waals surface area contributed by atoms with E-state index in [4.69, 9.17) is 11.6 Å². The zero-order chi connectivity index (χ0) is 28.7. The van der Waals surface area contributed by atoms with Gasteiger partial charge in [-0.1, -0.05) is 41.9 Å². The summed E-state index contributed by atoms with van der Waals surface area (Å²) in [7, 11) is -4.51. The van der Waals surface area contributed by atoms with E-state index in [9.17, 15) is 19.1 Å². The fourth-order valence-corrected chi connectivity index (χ4v) is 5.42. The third-order valence-electron chi connectivity index (χ3n) is 6.62. The first-order valence-electron chi connectivity index (χ1n) is 12.2. The van der Waals surface area contributed by atoms with Crippen LogP contribution in [0.5, 0.6) is 0 Å². The van der Waals surface area contributed by atoms with Crippen molar-refractivity contribution in [2.45, 2.75) is 12.5 Å². The summed E-state index contributed by atoms with van der Waals surface area (Å²) in [6, 6.07) is 18.6. The summed E-state index contributed by atoms with van der Waals surface area (Å²) in [6.45, 7) is 0. The number of hydrogen-bond acceptors (Lipinski definition) is 6. The first-order valence-corrected chi connectivity index (χ1v) is 14.2. The van der Waals surface area contributed by atoms with E-state index in [1.54, 1.807) is 12.1 Å². The van der Waals surface area contributed by atoms with Crippen LogP contribution in [0.15, 0.2) is 90.1 Å². The number of nitrogens with one attached hydrogen (secondary N) is 1. The van der Waals surface area contributed by atoms with E-state index in [0.29, 0.717) is 33.1 Å². The number of H-pyrrole nitrogens is 1. The standard InChI is InChI=1S/C27H20ClFN7O4P/c28-17-6-9-24(36-15-30-33-34-36)20(11-17)19-13-26(37)35(14-21(19)29)25(10-16-4-2-1-3-5-16)27-31-22-8-7-18(41(38,39)40)12-23(22)32-27/h1-9,11-15,25H,10H2,(H,31,32)(H2,38,39,40). The van der Waals surface area contributed by atoms with Gasteiger partial charge in [-0.05, 0) is 52.4 Å². The van der Waals surface area contributed by atoms with Crippen LogP contribution in [0.25, 0.3) is 27.8 Å². The molecule has 0 fully saturated rings. The van der Waals surface area contributed by atoms with Crippen molar-refractivity contribution in [3.05, 3.63) is 118 Å². The van der Waals surface area contributed by atoms with Gasteiger partial charge in [-0.2, -0.15) is 4.68 Å². The van der Waals surface area contributed by atoms with Crippen molar-refractivity contribution in [3.63, 3.8) is 0 Å². The van der Waals surface area contributed by atoms with Crippen LogP contribution in [0.3, 0.4) is 0 Å². The molecular formula is C27H20ClFN7O4P. The second kappa shape index (κ2) is 10.5. The number of imidazole rings is 1. The van der Waals surface area contributed by atoms with Gasteiger partial charge in [0, 0.05) is 34.8 Å². The Morgan fingerprint density at radius 3 is 2.56 bits per heavy atom. The molecule has 0 radical (unpaired) electrons. The van der Waals surface area contributed by atoms with Crippen molar-refractivity contribution in [1.29, 1.82) is 0 Å². The molecule has 11 nitrogen and oxygen atoms in total. The van der Waals surface area contributed by atoms with E-state index in [1.165, 1.54) is 45.9 Å². The summed E-state index contributed by atoms with van der Waals surface area (Å²) in [5, 5.41) is 11.3. The Morgan fingerprint density at radius 1 is 1.02 bits per heavy atom. The van der Waals surface area contributed by atoms with Gasteiger partial charge in [0.2, 0.25) is 0 Å². The number of hydrogen-bond donors (Lipinski definition) is 3. The number of pyridine rings is 1. The lowest BCUT2D eigenvalue weighted by molar-refractivity contribution is 0.387. The predicted octanol–water partition coefficient (Wildman–Crippen LogP) is 3.79. The van der Waals surface area contributed by atoms with Crippen molar-refractivity contribution >= 4 is 35.5 Å². The molecule has 6 rings (SSSR count). The first kappa shape index (κ1) is 26.7. The Kier molecular flexibility index (Phi) is 6.84. The maximum Gasteiger partial charge on any atom is 0.356 e. The van der Waals surface area contributed by atoms with Crippen LogP contribution in [-0.4, -0.2) is 44.5 Å². The zero-order valence-corrected chi connectivity index (χ0v) is 22.6. The van der Waals surface area contributed by atoms with Gasteiger partial charge >= 0.3 is 7.60 Å². The molecule has 3 heterocycles. The zero-order valence-electron chi connectivity index (χ0n) is 21.0. The van der Waals surface area contributed by atoms with Gasteiger partial charge in [-0.25, -0.2) is 9.37 Å². The maximum atomic E-state index is 15.9. The van der Waals surface area contributed by atoms with Crippen LogP contribution in [0.1, 0.15) is 17.4 Å². The lowest BCUT2D eigenvalue weighted by Gasteiger charge is -2.19. The van der Waals surface area contributed by atoms with E-state index in [2.05, 4.69) is 25.5 Å². The predicted molar refractivity (Wildman–Crippen MR) is 150 cm³/mol. The number of halogens is 2. The van der Waals surface area contributed by atoms with Gasteiger partial charge in [-0.3, -0.25) is 9.36 Å². The molecule has 3 N–H and O–H groups in total. The number of tetrazole rings is 1. The summed E-state index contributed by atoms with van der Waals surface area (Å²) in [5.41, 5.74) is 1.91. The molecule has 1 atom stereocenters. The van der Waals surface area contributed by atoms with E-state index >= 15 is 4.39 Å². The average molecular weight is 592 g/mol. The highest BCUT2D eigenvalue weighted by Crippen LogP contribution is 2.35. The number of benzene rings is 3. The lowest BCUT2D eigenvalue weighted by Crippen LogP contribution is -2.28. The van der Waals surface area contributed by atoms with Gasteiger partial charge in [0.15, 0.2) is 0 Å². The molecule has 0 amide bonds. The Morgan fingerprint density at radius 2 is 1.83 bits per heavy atom. The SMILES string of the molecule is O=c1cc(-c2cc(Cl)ccc2-n2cnnn2)c(F)cn1C(Cc1ccccc1)c1nc2cc(P(=O)(O)O)ccc2[nH]1. The number of aromatic amines is 1. The molecule has 1 unspecified atom stereocenters. The largest absolute Gasteiger partial charge is 0.356 e. The van der Waals surface area contributed by atoms with E-state index in [1.807, 2.05) is 30.3 Å². The fraction of sp³-hybridized carbons (Fsp3) is 0.0741. The minimum absolute atomic E-state index is 0.00797. The highest BCUT2D eigenvalue weighted by Gasteiger charge is 2.24. The summed E-state index contributed by atoms with van der Waals surface area (Å²) in [6.07, 6.45) is 2.74. The molecule has 41 heavy (non-hydrogen) atoms. The molecule has 3 aromatic heterocycles. The van der Waals surface area contributed by atoms with Crippen LogP contribution in [0.2, 0.25) is 5.02 Å². The van der Waals surface area contributed by atoms with Crippen molar-refractivity contribution in [3.8, 4) is 16.8 Å². The van der Waals surface area contributed by atoms with Crippen LogP contribution < -0.4 is 10.9 Å². The van der Waals surface area contributed by atoms with Gasteiger partial charge in [0.25, 0.3) is 5.56 Å². The van der Waals surface area contributed by atoms with Crippen molar-refractivity contribution < 1.29 is 18.7 Å². The highest BCUT2D eigenvalue weighted by molar-refractivity contribution is 7.60. The average Bonchev–Trinajstić information content (AvgIpc) is 3.63. The number of nitrogens with zero attached hydrogens (tertiary/aromatic N) is 6. The second-order valence-electron chi connectivity index (χ2n) is 9.27. The molecular weight excluding hydrogens is 572 g/mol. The number of fused-ring (bicyclic) bond motifs is 1. The monoisotopic (exact) mass is 591 g/mol. The Bertz CT molecular complexity index is 1990. The molecule has 0 saturated carbocycles. The minimum Gasteiger partial charge on any atom is -0.340 e. The van der Waals surface area contributed by atoms with Crippen LogP contribution in [0.4, 0.5) is 4.39 Å². The summed E-state index contributed by atoms with van der Waals surface area (Å²) >= 11 is 6.22. The molecule has 206 valence electrons. The molecule has 0 aliphatic carbocycles. The summed E-state index contributed by atoms with van der Waals surface area (Å²) in [4.78, 5) is 40.5. The Hall–Kier alpha value is -4.48. The van der Waals surface area contributed by atoms with Crippen molar-refractivity contribution in [2.24, 2.45) is 0 Å². The fourth-order valence-electron chi connectivity index (χ4n) is 4.68. The third kappa shape index (κ3) is 5.33. The number of rotatable bonds is 7. The molecule has 14 heteroatoms. The summed E-state index contributed by atoms with van der Waals surface area (Å²) < 4.78 is 30.3. The molecule has 3 aromatic carbocycles. The Balaban J connectivity index is 1.49. The van der Waals surface area contributed by atoms with E-state index < -0.39 is 25.0 Å². The van der Waals surface area contributed by atoms with Gasteiger partial charge in [0.1, 0.15) is 18.0 Å². The molecule has 0 aliphatic rings. The molecule has 0 bridgehead atoms. The quantitative estimate of drug-likeness (QED) is 0.237. The van der Waals surface area contributed by atoms with Crippen LogP contribution >= 0.6 is 19.2 Å².